The first-order valence-electron chi connectivity index (χ1n) is 16.5. The number of para-hydroxylation sites is 1. The molecule has 47 heavy (non-hydrogen) atoms. The average Bonchev–Trinajstić information content (AvgIpc) is 3.68. The maximum absolute atomic E-state index is 13.7. The van der Waals surface area contributed by atoms with E-state index >= 15 is 0 Å². The van der Waals surface area contributed by atoms with Crippen molar-refractivity contribution in [3.8, 4) is 28.2 Å². The van der Waals surface area contributed by atoms with Crippen LogP contribution in [0.3, 0.4) is 0 Å². The highest BCUT2D eigenvalue weighted by Gasteiger charge is 2.22. The van der Waals surface area contributed by atoms with Crippen molar-refractivity contribution in [1.29, 1.82) is 0 Å². The van der Waals surface area contributed by atoms with Gasteiger partial charge in [0.1, 0.15) is 11.6 Å². The normalized spacial score (nSPS) is 13.1. The molecule has 1 aliphatic heterocycles. The zero-order valence-corrected chi connectivity index (χ0v) is 27.8. The molecule has 0 saturated carbocycles. The number of aromatic nitrogens is 2. The van der Waals surface area contributed by atoms with Crippen LogP contribution in [-0.4, -0.2) is 28.2 Å². The second-order valence-corrected chi connectivity index (χ2v) is 13.3. The van der Waals surface area contributed by atoms with Crippen LogP contribution in [0.1, 0.15) is 61.8 Å². The number of anilines is 1. The molecule has 0 saturated heterocycles. The molecule has 0 atom stereocenters. The molecule has 1 aliphatic rings. The second kappa shape index (κ2) is 12.6. The molecule has 6 aromatic rings. The van der Waals surface area contributed by atoms with Gasteiger partial charge in [0.2, 0.25) is 0 Å². The Kier molecular flexibility index (Phi) is 8.15. The Labute approximate surface area is 277 Å². The fraction of sp³-hybridized carbons (Fsp3) is 0.214. The van der Waals surface area contributed by atoms with Gasteiger partial charge in [0.05, 0.1) is 23.4 Å². The van der Waals surface area contributed by atoms with Gasteiger partial charge >= 0.3 is 0 Å². The van der Waals surface area contributed by atoms with E-state index in [2.05, 4.69) is 146 Å². The summed E-state index contributed by atoms with van der Waals surface area (Å²) < 4.78 is 16.1. The van der Waals surface area contributed by atoms with Crippen LogP contribution in [0.5, 0.6) is 0 Å². The summed E-state index contributed by atoms with van der Waals surface area (Å²) in [6.45, 7) is 9.91. The van der Waals surface area contributed by atoms with Crippen molar-refractivity contribution >= 4 is 16.7 Å². The third kappa shape index (κ3) is 6.06. The molecule has 0 spiro atoms. The number of hydrogen-bond donors (Lipinski definition) is 0. The Morgan fingerprint density at radius 3 is 2.02 bits per heavy atom. The van der Waals surface area contributed by atoms with Crippen molar-refractivity contribution in [1.82, 2.24) is 14.5 Å². The highest BCUT2D eigenvalue weighted by Crippen LogP contribution is 2.38. The summed E-state index contributed by atoms with van der Waals surface area (Å²) in [5.41, 5.74) is 12.6. The fourth-order valence-electron chi connectivity index (χ4n) is 6.69. The minimum atomic E-state index is -0.236. The summed E-state index contributed by atoms with van der Waals surface area (Å²) in [6, 6.07) is 37.5. The third-order valence-electron chi connectivity index (χ3n) is 9.11. The molecule has 4 nitrogen and oxygen atoms in total. The van der Waals surface area contributed by atoms with Crippen molar-refractivity contribution < 1.29 is 4.39 Å². The van der Waals surface area contributed by atoms with Crippen LogP contribution in [0.15, 0.2) is 122 Å². The minimum Gasteiger partial charge on any atom is -0.361 e. The van der Waals surface area contributed by atoms with Crippen molar-refractivity contribution in [2.45, 2.75) is 46.0 Å². The van der Waals surface area contributed by atoms with Gasteiger partial charge in [-0.15, -0.1) is 0 Å². The van der Waals surface area contributed by atoms with Gasteiger partial charge in [-0.2, -0.15) is 0 Å². The average molecular weight is 621 g/mol. The topological polar surface area (TPSA) is 24.3 Å². The molecule has 5 aromatic carbocycles. The molecule has 2 heterocycles. The molecule has 0 fully saturated rings. The minimum absolute atomic E-state index is 0.236. The van der Waals surface area contributed by atoms with E-state index in [1.165, 1.54) is 45.8 Å². The number of benzene rings is 5. The van der Waals surface area contributed by atoms with Crippen molar-refractivity contribution in [3.05, 3.63) is 150 Å². The Bertz CT molecular complexity index is 2060. The van der Waals surface area contributed by atoms with Gasteiger partial charge in [0.25, 0.3) is 0 Å². The molecule has 0 aliphatic carbocycles. The van der Waals surface area contributed by atoms with Gasteiger partial charge in [0, 0.05) is 30.7 Å². The van der Waals surface area contributed by atoms with Crippen molar-refractivity contribution in [2.24, 2.45) is 0 Å². The molecule has 0 unspecified atom stereocenters. The number of rotatable bonds is 8. The molecule has 0 N–H and O–H groups in total. The van der Waals surface area contributed by atoms with Crippen LogP contribution < -0.4 is 4.90 Å². The molecular formula is C42H41FN4. The molecule has 1 aromatic heterocycles. The van der Waals surface area contributed by atoms with E-state index in [4.69, 9.17) is 4.98 Å². The predicted octanol–water partition coefficient (Wildman–Crippen LogP) is 10.5. The van der Waals surface area contributed by atoms with Gasteiger partial charge in [-0.05, 0) is 94.1 Å². The summed E-state index contributed by atoms with van der Waals surface area (Å²) in [6.07, 6.45) is 5.06. The zero-order valence-electron chi connectivity index (χ0n) is 27.8. The summed E-state index contributed by atoms with van der Waals surface area (Å²) in [5.74, 6) is 1.35. The highest BCUT2D eigenvalue weighted by molar-refractivity contribution is 5.88. The lowest BCUT2D eigenvalue weighted by Crippen LogP contribution is -2.21. The Morgan fingerprint density at radius 2 is 1.34 bits per heavy atom. The number of halogens is 1. The third-order valence-corrected chi connectivity index (χ3v) is 9.11. The predicted molar refractivity (Wildman–Crippen MR) is 194 cm³/mol. The smallest absolute Gasteiger partial charge is 0.145 e. The van der Waals surface area contributed by atoms with Gasteiger partial charge in [0.15, 0.2) is 0 Å². The lowest BCUT2D eigenvalue weighted by atomic mass is 9.92. The summed E-state index contributed by atoms with van der Waals surface area (Å²) in [4.78, 5) is 9.79. The maximum Gasteiger partial charge on any atom is 0.145 e. The Balaban J connectivity index is 1.37. The van der Waals surface area contributed by atoms with Crippen LogP contribution in [0.2, 0.25) is 0 Å². The summed E-state index contributed by atoms with van der Waals surface area (Å²) in [7, 11) is 2.09. The molecule has 7 rings (SSSR count). The molecule has 0 amide bonds. The van der Waals surface area contributed by atoms with Crippen molar-refractivity contribution in [2.75, 3.05) is 18.6 Å². The van der Waals surface area contributed by atoms with E-state index in [9.17, 15) is 4.39 Å². The standard InChI is InChI=1S/C42H41FN4/c1-28(2)37-13-8-14-38(29(3)4)41(37)47-40-20-17-33(32-15-18-35(43)19-16-32)26-39(40)44-42(47)34-11-6-9-30(24-34)23-31-10-7-12-36(25-31)46-22-21-45(5)27-46/h6-22,24-26,28-29H,23,27H2,1-5H3. The monoisotopic (exact) mass is 620 g/mol. The van der Waals surface area contributed by atoms with Crippen LogP contribution in [0, 0.1) is 5.82 Å². The maximum atomic E-state index is 13.7. The van der Waals surface area contributed by atoms with Gasteiger partial charge in [-0.25, -0.2) is 9.37 Å². The first-order valence-corrected chi connectivity index (χ1v) is 16.5. The molecule has 5 heteroatoms. The quantitative estimate of drug-likeness (QED) is 0.169. The molecular weight excluding hydrogens is 579 g/mol. The van der Waals surface area contributed by atoms with Gasteiger partial charge in [-0.3, -0.25) is 4.57 Å². The van der Waals surface area contributed by atoms with Crippen molar-refractivity contribution in [3.63, 3.8) is 0 Å². The van der Waals surface area contributed by atoms with E-state index in [0.717, 1.165) is 46.6 Å². The lowest BCUT2D eigenvalue weighted by Gasteiger charge is -2.22. The van der Waals surface area contributed by atoms with E-state index in [0.29, 0.717) is 11.8 Å². The fourth-order valence-corrected chi connectivity index (χ4v) is 6.69. The Morgan fingerprint density at radius 1 is 0.681 bits per heavy atom. The molecule has 0 radical (unpaired) electrons. The zero-order chi connectivity index (χ0) is 32.7. The SMILES string of the molecule is CC(C)c1cccc(C(C)C)c1-n1c(-c2cccc(Cc3cccc(N4C=CN(C)C4)c3)c2)nc2cc(-c3ccc(F)cc3)ccc21. The lowest BCUT2D eigenvalue weighted by molar-refractivity contribution is 0.495. The summed E-state index contributed by atoms with van der Waals surface area (Å²) >= 11 is 0. The van der Waals surface area contributed by atoms with Gasteiger partial charge < -0.3 is 9.80 Å². The van der Waals surface area contributed by atoms with Gasteiger partial charge in [-0.1, -0.05) is 94.4 Å². The van der Waals surface area contributed by atoms with Crippen LogP contribution >= 0.6 is 0 Å². The molecule has 236 valence electrons. The van der Waals surface area contributed by atoms with E-state index in [-0.39, 0.29) is 5.82 Å². The van der Waals surface area contributed by atoms with Crippen LogP contribution in [0.4, 0.5) is 10.1 Å². The van der Waals surface area contributed by atoms with Crippen LogP contribution in [0.25, 0.3) is 39.2 Å². The number of fused-ring (bicyclic) bond motifs is 1. The Hall–Kier alpha value is -5.16. The van der Waals surface area contributed by atoms with E-state index in [1.807, 2.05) is 12.1 Å². The first kappa shape index (κ1) is 30.5. The number of imidazole rings is 1. The first-order chi connectivity index (χ1) is 22.7. The highest BCUT2D eigenvalue weighted by atomic mass is 19.1. The van der Waals surface area contributed by atoms with E-state index in [1.54, 1.807) is 0 Å². The largest absolute Gasteiger partial charge is 0.361 e. The number of hydrogen-bond acceptors (Lipinski definition) is 3. The molecule has 0 bridgehead atoms. The second-order valence-electron chi connectivity index (χ2n) is 13.3. The summed E-state index contributed by atoms with van der Waals surface area (Å²) in [5, 5.41) is 0. The van der Waals surface area contributed by atoms with E-state index < -0.39 is 0 Å². The number of nitrogens with zero attached hydrogens (tertiary/aromatic N) is 4. The van der Waals surface area contributed by atoms with Crippen LogP contribution in [-0.2, 0) is 6.42 Å².